The molecule has 0 bridgehead atoms. The molecule has 0 saturated heterocycles. The zero-order valence-electron chi connectivity index (χ0n) is 10.9. The van der Waals surface area contributed by atoms with E-state index in [1.807, 2.05) is 0 Å². The summed E-state index contributed by atoms with van der Waals surface area (Å²) in [4.78, 5) is 24.3. The molecule has 4 N–H and O–H groups in total. The second-order valence-corrected chi connectivity index (χ2v) is 3.92. The number of pyridine rings is 1. The summed E-state index contributed by atoms with van der Waals surface area (Å²) in [6.07, 6.45) is 0.0748. The van der Waals surface area contributed by atoms with Gasteiger partial charge in [-0.1, -0.05) is 0 Å². The second-order valence-electron chi connectivity index (χ2n) is 3.92. The van der Waals surface area contributed by atoms with Gasteiger partial charge in [0.2, 0.25) is 11.6 Å². The van der Waals surface area contributed by atoms with Gasteiger partial charge in [0.05, 0.1) is 4.92 Å². The van der Waals surface area contributed by atoms with E-state index in [2.05, 4.69) is 9.72 Å². The standard InChI is InChI=1S/C12H9FN4O5/c13-7-5-6(21-12(15)18)1-2-8(7)22-9-3-4-16-11(14)10(9)17(19)20/h1-5H,(H2,14,16)(H2,15,18). The molecule has 0 atom stereocenters. The Morgan fingerprint density at radius 2 is 2.05 bits per heavy atom. The second kappa shape index (κ2) is 5.91. The van der Waals surface area contributed by atoms with Crippen molar-refractivity contribution in [1.82, 2.24) is 4.98 Å². The van der Waals surface area contributed by atoms with Crippen LogP contribution in [-0.2, 0) is 0 Å². The fraction of sp³-hybridized carbons (Fsp3) is 0. The van der Waals surface area contributed by atoms with Crippen LogP contribution in [0.25, 0.3) is 0 Å². The van der Waals surface area contributed by atoms with Crippen molar-refractivity contribution in [3.63, 3.8) is 0 Å². The monoisotopic (exact) mass is 308 g/mol. The molecule has 0 fully saturated rings. The third-order valence-electron chi connectivity index (χ3n) is 2.44. The fourth-order valence-electron chi connectivity index (χ4n) is 1.58. The number of benzene rings is 1. The van der Waals surface area contributed by atoms with Gasteiger partial charge in [-0.25, -0.2) is 14.2 Å². The van der Waals surface area contributed by atoms with Crippen molar-refractivity contribution in [1.29, 1.82) is 0 Å². The normalized spacial score (nSPS) is 10.0. The molecule has 0 aliphatic carbocycles. The Morgan fingerprint density at radius 3 is 2.64 bits per heavy atom. The number of ether oxygens (including phenoxy) is 2. The summed E-state index contributed by atoms with van der Waals surface area (Å²) in [5.41, 5.74) is 9.61. The minimum absolute atomic E-state index is 0.138. The maximum absolute atomic E-state index is 13.8. The maximum Gasteiger partial charge on any atom is 0.409 e. The van der Waals surface area contributed by atoms with E-state index in [4.69, 9.17) is 16.2 Å². The predicted octanol–water partition coefficient (Wildman–Crippen LogP) is 1.96. The van der Waals surface area contributed by atoms with Crippen LogP contribution in [0.15, 0.2) is 30.5 Å². The quantitative estimate of drug-likeness (QED) is 0.648. The number of nitrogen functional groups attached to an aromatic ring is 1. The number of nitro groups is 1. The molecule has 0 aliphatic heterocycles. The van der Waals surface area contributed by atoms with E-state index in [0.717, 1.165) is 12.1 Å². The van der Waals surface area contributed by atoms with Crippen LogP contribution in [0.3, 0.4) is 0 Å². The first-order valence-corrected chi connectivity index (χ1v) is 5.72. The molecular weight excluding hydrogens is 299 g/mol. The lowest BCUT2D eigenvalue weighted by molar-refractivity contribution is -0.384. The van der Waals surface area contributed by atoms with E-state index in [-0.39, 0.29) is 23.1 Å². The van der Waals surface area contributed by atoms with Crippen molar-refractivity contribution in [2.75, 3.05) is 5.73 Å². The van der Waals surface area contributed by atoms with Gasteiger partial charge in [0.1, 0.15) is 5.75 Å². The minimum Gasteiger partial charge on any atom is -0.447 e. The Kier molecular flexibility index (Phi) is 4.02. The molecule has 0 aliphatic rings. The molecule has 2 aromatic rings. The maximum atomic E-state index is 13.8. The van der Waals surface area contributed by atoms with Gasteiger partial charge < -0.3 is 20.9 Å². The van der Waals surface area contributed by atoms with Gasteiger partial charge in [0.15, 0.2) is 11.6 Å². The van der Waals surface area contributed by atoms with Gasteiger partial charge in [0, 0.05) is 18.3 Å². The summed E-state index contributed by atoms with van der Waals surface area (Å²) in [5.74, 6) is -2.02. The van der Waals surface area contributed by atoms with Gasteiger partial charge >= 0.3 is 11.8 Å². The van der Waals surface area contributed by atoms with Crippen molar-refractivity contribution < 1.29 is 23.6 Å². The van der Waals surface area contributed by atoms with Crippen molar-refractivity contribution in [2.45, 2.75) is 0 Å². The van der Waals surface area contributed by atoms with Gasteiger partial charge in [-0.05, 0) is 12.1 Å². The smallest absolute Gasteiger partial charge is 0.409 e. The van der Waals surface area contributed by atoms with E-state index >= 15 is 0 Å². The van der Waals surface area contributed by atoms with E-state index < -0.39 is 22.5 Å². The van der Waals surface area contributed by atoms with Crippen LogP contribution >= 0.6 is 0 Å². The molecule has 114 valence electrons. The lowest BCUT2D eigenvalue weighted by atomic mass is 10.3. The van der Waals surface area contributed by atoms with E-state index in [1.54, 1.807) is 0 Å². The molecular formula is C12H9FN4O5. The number of aromatic nitrogens is 1. The first kappa shape index (κ1) is 15.0. The number of halogens is 1. The molecule has 22 heavy (non-hydrogen) atoms. The van der Waals surface area contributed by atoms with Crippen LogP contribution in [-0.4, -0.2) is 16.0 Å². The number of amides is 1. The SMILES string of the molecule is NC(=O)Oc1ccc(Oc2ccnc(N)c2[N+](=O)[O-])c(F)c1. The van der Waals surface area contributed by atoms with Gasteiger partial charge in [-0.15, -0.1) is 0 Å². The van der Waals surface area contributed by atoms with Crippen LogP contribution in [0, 0.1) is 15.9 Å². The minimum atomic E-state index is -1.11. The van der Waals surface area contributed by atoms with E-state index in [9.17, 15) is 19.3 Å². The molecule has 1 heterocycles. The molecule has 2 rings (SSSR count). The first-order chi connectivity index (χ1) is 10.4. The van der Waals surface area contributed by atoms with Crippen molar-refractivity contribution in [2.24, 2.45) is 5.73 Å². The number of carbonyl (C=O) groups is 1. The highest BCUT2D eigenvalue weighted by atomic mass is 19.1. The van der Waals surface area contributed by atoms with Crippen LogP contribution in [0.5, 0.6) is 17.2 Å². The molecule has 10 heteroatoms. The summed E-state index contributed by atoms with van der Waals surface area (Å²) >= 11 is 0. The first-order valence-electron chi connectivity index (χ1n) is 5.72. The summed E-state index contributed by atoms with van der Waals surface area (Å²) < 4.78 is 23.5. The number of primary amides is 1. The third-order valence-corrected chi connectivity index (χ3v) is 2.44. The number of hydrogen-bond donors (Lipinski definition) is 2. The Balaban J connectivity index is 2.34. The molecule has 0 unspecified atom stereocenters. The molecule has 0 radical (unpaired) electrons. The summed E-state index contributed by atoms with van der Waals surface area (Å²) in [6, 6.07) is 4.34. The lowest BCUT2D eigenvalue weighted by Gasteiger charge is -2.09. The average molecular weight is 308 g/mol. The lowest BCUT2D eigenvalue weighted by Crippen LogP contribution is -2.16. The summed E-state index contributed by atoms with van der Waals surface area (Å²) in [7, 11) is 0. The van der Waals surface area contributed by atoms with E-state index in [1.165, 1.54) is 18.3 Å². The number of rotatable bonds is 4. The predicted molar refractivity (Wildman–Crippen MR) is 72.0 cm³/mol. The fourth-order valence-corrected chi connectivity index (χ4v) is 1.58. The Morgan fingerprint density at radius 1 is 1.32 bits per heavy atom. The highest BCUT2D eigenvalue weighted by Gasteiger charge is 2.22. The van der Waals surface area contributed by atoms with Crippen LogP contribution in [0.1, 0.15) is 0 Å². The number of nitrogens with two attached hydrogens (primary N) is 2. The van der Waals surface area contributed by atoms with Gasteiger partial charge in [-0.3, -0.25) is 10.1 Å². The highest BCUT2D eigenvalue weighted by Crippen LogP contribution is 2.36. The van der Waals surface area contributed by atoms with Crippen molar-refractivity contribution in [3.05, 3.63) is 46.4 Å². The summed E-state index contributed by atoms with van der Waals surface area (Å²) in [6.45, 7) is 0. The molecule has 0 saturated carbocycles. The molecule has 1 aromatic heterocycles. The molecule has 1 amide bonds. The number of nitrogens with zero attached hydrogens (tertiary/aromatic N) is 2. The van der Waals surface area contributed by atoms with Crippen LogP contribution in [0.2, 0.25) is 0 Å². The summed E-state index contributed by atoms with van der Waals surface area (Å²) in [5, 5.41) is 10.9. The zero-order valence-corrected chi connectivity index (χ0v) is 10.9. The number of anilines is 1. The number of hydrogen-bond acceptors (Lipinski definition) is 7. The van der Waals surface area contributed by atoms with Gasteiger partial charge in [0.25, 0.3) is 0 Å². The largest absolute Gasteiger partial charge is 0.447 e. The Hall–Kier alpha value is -3.43. The van der Waals surface area contributed by atoms with E-state index in [0.29, 0.717) is 0 Å². The topological polar surface area (TPSA) is 144 Å². The number of carbonyl (C=O) groups excluding carboxylic acids is 1. The molecule has 1 aromatic carbocycles. The third kappa shape index (κ3) is 3.17. The zero-order chi connectivity index (χ0) is 16.3. The van der Waals surface area contributed by atoms with Crippen LogP contribution < -0.4 is 20.9 Å². The van der Waals surface area contributed by atoms with Gasteiger partial charge in [-0.2, -0.15) is 0 Å². The highest BCUT2D eigenvalue weighted by molar-refractivity contribution is 5.68. The Bertz CT molecular complexity index is 752. The Labute approximate surface area is 122 Å². The molecule has 0 spiro atoms. The van der Waals surface area contributed by atoms with Crippen LogP contribution in [0.4, 0.5) is 20.7 Å². The average Bonchev–Trinajstić information content (AvgIpc) is 2.40. The van der Waals surface area contributed by atoms with Crippen molar-refractivity contribution >= 4 is 17.6 Å². The molecule has 9 nitrogen and oxygen atoms in total. The van der Waals surface area contributed by atoms with Crippen molar-refractivity contribution in [3.8, 4) is 17.2 Å².